The zero-order valence-corrected chi connectivity index (χ0v) is 14.2. The number of ether oxygens (including phenoxy) is 2. The first kappa shape index (κ1) is 19.3. The molecule has 0 bridgehead atoms. The molecule has 0 aromatic carbocycles. The van der Waals surface area contributed by atoms with Crippen LogP contribution in [0.1, 0.15) is 66.7 Å². The van der Waals surface area contributed by atoms with E-state index in [9.17, 15) is 4.79 Å². The van der Waals surface area contributed by atoms with E-state index in [1.807, 2.05) is 13.8 Å². The zero-order chi connectivity index (χ0) is 15.8. The van der Waals surface area contributed by atoms with Gasteiger partial charge in [-0.3, -0.25) is 4.79 Å². The molecule has 3 nitrogen and oxygen atoms in total. The Labute approximate surface area is 124 Å². The lowest BCUT2D eigenvalue weighted by molar-refractivity contribution is -0.145. The second-order valence-corrected chi connectivity index (χ2v) is 5.50. The maximum Gasteiger partial charge on any atom is 0.189 e. The molecule has 0 aliphatic carbocycles. The number of rotatable bonds is 11. The Morgan fingerprint density at radius 2 is 1.55 bits per heavy atom. The maximum atomic E-state index is 12.3. The minimum Gasteiger partial charge on any atom is -0.378 e. The second-order valence-electron chi connectivity index (χ2n) is 5.50. The van der Waals surface area contributed by atoms with E-state index in [1.54, 1.807) is 14.0 Å². The molecule has 0 N–H and O–H groups in total. The van der Waals surface area contributed by atoms with Gasteiger partial charge < -0.3 is 9.47 Å². The smallest absolute Gasteiger partial charge is 0.189 e. The Balaban J connectivity index is 4.80. The molecule has 0 aromatic rings. The first-order chi connectivity index (χ1) is 9.36. The third-order valence-corrected chi connectivity index (χ3v) is 4.60. The summed E-state index contributed by atoms with van der Waals surface area (Å²) < 4.78 is 11.7. The van der Waals surface area contributed by atoms with Gasteiger partial charge in [-0.25, -0.2) is 0 Å². The number of hydrogen-bond acceptors (Lipinski definition) is 3. The molecular formula is C17H32O3. The molecule has 118 valence electrons. The maximum absolute atomic E-state index is 12.3. The lowest BCUT2D eigenvalue weighted by atomic mass is 9.88. The summed E-state index contributed by atoms with van der Waals surface area (Å²) in [6, 6.07) is 0. The zero-order valence-electron chi connectivity index (χ0n) is 14.2. The van der Waals surface area contributed by atoms with E-state index in [4.69, 9.17) is 9.47 Å². The van der Waals surface area contributed by atoms with Crippen molar-refractivity contribution < 1.29 is 14.3 Å². The standard InChI is InChI=1S/C17H32O3/c1-8-16(9-2,19-7)12-13-20-17(10-3,11-4)15(18)14(5)6/h5,8-13H2,1-4,6-7H3. The summed E-state index contributed by atoms with van der Waals surface area (Å²) in [6.07, 6.45) is 4.05. The Hall–Kier alpha value is -0.670. The molecule has 0 heterocycles. The summed E-state index contributed by atoms with van der Waals surface area (Å²) in [4.78, 5) is 12.3. The van der Waals surface area contributed by atoms with E-state index >= 15 is 0 Å². The summed E-state index contributed by atoms with van der Waals surface area (Å²) in [5.41, 5.74) is -0.288. The van der Waals surface area contributed by atoms with E-state index in [0.29, 0.717) is 25.0 Å². The van der Waals surface area contributed by atoms with Gasteiger partial charge in [0.05, 0.1) is 12.2 Å². The quantitative estimate of drug-likeness (QED) is 0.531. The average molecular weight is 284 g/mol. The highest BCUT2D eigenvalue weighted by Gasteiger charge is 2.36. The molecule has 0 fully saturated rings. The number of Topliss-reactive ketones (excluding diaryl/α,β-unsaturated/α-hetero) is 1. The van der Waals surface area contributed by atoms with E-state index in [1.165, 1.54) is 0 Å². The van der Waals surface area contributed by atoms with Crippen LogP contribution in [-0.4, -0.2) is 30.7 Å². The molecule has 0 saturated carbocycles. The third kappa shape index (κ3) is 4.42. The largest absolute Gasteiger partial charge is 0.378 e. The Kier molecular flexibility index (Phi) is 8.29. The van der Waals surface area contributed by atoms with E-state index < -0.39 is 5.60 Å². The van der Waals surface area contributed by atoms with Gasteiger partial charge in [0.2, 0.25) is 0 Å². The van der Waals surface area contributed by atoms with Crippen LogP contribution in [0.2, 0.25) is 0 Å². The van der Waals surface area contributed by atoms with Crippen molar-refractivity contribution in [1.82, 2.24) is 0 Å². The van der Waals surface area contributed by atoms with Crippen LogP contribution in [0.15, 0.2) is 12.2 Å². The van der Waals surface area contributed by atoms with Crippen molar-refractivity contribution in [3.63, 3.8) is 0 Å². The lowest BCUT2D eigenvalue weighted by Crippen LogP contribution is -2.42. The van der Waals surface area contributed by atoms with Gasteiger partial charge in [0, 0.05) is 7.11 Å². The predicted molar refractivity (Wildman–Crippen MR) is 84.0 cm³/mol. The van der Waals surface area contributed by atoms with Crippen molar-refractivity contribution in [2.24, 2.45) is 0 Å². The van der Waals surface area contributed by atoms with Crippen molar-refractivity contribution in [3.05, 3.63) is 12.2 Å². The van der Waals surface area contributed by atoms with Crippen molar-refractivity contribution in [3.8, 4) is 0 Å². The van der Waals surface area contributed by atoms with Crippen LogP contribution in [0.4, 0.5) is 0 Å². The summed E-state index contributed by atoms with van der Waals surface area (Å²) >= 11 is 0. The van der Waals surface area contributed by atoms with Gasteiger partial charge in [0.1, 0.15) is 5.60 Å². The average Bonchev–Trinajstić information content (AvgIpc) is 2.48. The SMILES string of the molecule is C=C(C)C(=O)C(CC)(CC)OCCC(CC)(CC)OC. The molecule has 0 radical (unpaired) electrons. The van der Waals surface area contributed by atoms with Gasteiger partial charge in [-0.15, -0.1) is 0 Å². The molecule has 3 heteroatoms. The number of methoxy groups -OCH3 is 1. The van der Waals surface area contributed by atoms with Crippen molar-refractivity contribution in [2.75, 3.05) is 13.7 Å². The van der Waals surface area contributed by atoms with E-state index in [2.05, 4.69) is 20.4 Å². The molecule has 0 atom stereocenters. The molecule has 0 spiro atoms. The normalized spacial score (nSPS) is 12.5. The molecule has 0 aliphatic rings. The highest BCUT2D eigenvalue weighted by molar-refractivity contribution is 6.00. The summed E-state index contributed by atoms with van der Waals surface area (Å²) in [6.45, 7) is 14.3. The number of hydrogen-bond donors (Lipinski definition) is 0. The van der Waals surface area contributed by atoms with Gasteiger partial charge in [-0.1, -0.05) is 34.3 Å². The Morgan fingerprint density at radius 1 is 1.05 bits per heavy atom. The molecular weight excluding hydrogens is 252 g/mol. The second kappa shape index (κ2) is 8.58. The minimum absolute atomic E-state index is 0.0264. The topological polar surface area (TPSA) is 35.5 Å². The van der Waals surface area contributed by atoms with Crippen LogP contribution in [0.5, 0.6) is 0 Å². The minimum atomic E-state index is -0.715. The van der Waals surface area contributed by atoms with Gasteiger partial charge in [-0.2, -0.15) is 0 Å². The fourth-order valence-corrected chi connectivity index (χ4v) is 2.66. The van der Waals surface area contributed by atoms with Crippen LogP contribution in [0, 0.1) is 0 Å². The van der Waals surface area contributed by atoms with Crippen molar-refractivity contribution >= 4 is 5.78 Å². The van der Waals surface area contributed by atoms with E-state index in [-0.39, 0.29) is 11.4 Å². The molecule has 20 heavy (non-hydrogen) atoms. The summed E-state index contributed by atoms with van der Waals surface area (Å²) in [5.74, 6) is 0.0264. The summed E-state index contributed by atoms with van der Waals surface area (Å²) in [7, 11) is 1.75. The fraction of sp³-hybridized carbons (Fsp3) is 0.824. The molecule has 0 unspecified atom stereocenters. The van der Waals surface area contributed by atoms with E-state index in [0.717, 1.165) is 19.3 Å². The highest BCUT2D eigenvalue weighted by Crippen LogP contribution is 2.28. The van der Waals surface area contributed by atoms with Crippen LogP contribution in [-0.2, 0) is 14.3 Å². The number of carbonyl (C=O) groups excluding carboxylic acids is 1. The molecule has 0 saturated heterocycles. The first-order valence-electron chi connectivity index (χ1n) is 7.76. The van der Waals surface area contributed by atoms with Gasteiger partial charge in [0.25, 0.3) is 0 Å². The predicted octanol–water partition coefficient (Wildman–Crippen LogP) is 4.30. The fourth-order valence-electron chi connectivity index (χ4n) is 2.66. The van der Waals surface area contributed by atoms with Crippen molar-refractivity contribution in [2.45, 2.75) is 77.9 Å². The Bertz CT molecular complexity index is 304. The number of ketones is 1. The molecule has 0 aliphatic heterocycles. The van der Waals surface area contributed by atoms with Gasteiger partial charge in [-0.05, 0) is 44.6 Å². The summed E-state index contributed by atoms with van der Waals surface area (Å²) in [5, 5.41) is 0. The van der Waals surface area contributed by atoms with Crippen molar-refractivity contribution in [1.29, 1.82) is 0 Å². The lowest BCUT2D eigenvalue weighted by Gasteiger charge is -2.34. The Morgan fingerprint density at radius 3 is 1.85 bits per heavy atom. The molecule has 0 aromatic heterocycles. The van der Waals surface area contributed by atoms with Crippen LogP contribution in [0.25, 0.3) is 0 Å². The van der Waals surface area contributed by atoms with Crippen LogP contribution < -0.4 is 0 Å². The number of carbonyl (C=O) groups is 1. The van der Waals surface area contributed by atoms with Gasteiger partial charge in [0.15, 0.2) is 5.78 Å². The van der Waals surface area contributed by atoms with Crippen LogP contribution in [0.3, 0.4) is 0 Å². The highest BCUT2D eigenvalue weighted by atomic mass is 16.5. The monoisotopic (exact) mass is 284 g/mol. The van der Waals surface area contributed by atoms with Crippen LogP contribution >= 0.6 is 0 Å². The molecule has 0 rings (SSSR count). The first-order valence-corrected chi connectivity index (χ1v) is 7.76. The molecule has 0 amide bonds. The third-order valence-electron chi connectivity index (χ3n) is 4.60. The van der Waals surface area contributed by atoms with Gasteiger partial charge >= 0.3 is 0 Å².